The van der Waals surface area contributed by atoms with Gasteiger partial charge in [-0.1, -0.05) is 0 Å². The maximum absolute atomic E-state index is 12.5. The fourth-order valence-electron chi connectivity index (χ4n) is 3.60. The first-order valence-corrected chi connectivity index (χ1v) is 9.43. The second kappa shape index (κ2) is 6.40. The van der Waals surface area contributed by atoms with Crippen molar-refractivity contribution < 1.29 is 9.53 Å². The summed E-state index contributed by atoms with van der Waals surface area (Å²) in [5, 5.41) is 5.71. The van der Waals surface area contributed by atoms with E-state index in [0.29, 0.717) is 6.04 Å². The highest BCUT2D eigenvalue weighted by Crippen LogP contribution is 2.45. The van der Waals surface area contributed by atoms with Gasteiger partial charge < -0.3 is 15.0 Å². The van der Waals surface area contributed by atoms with Crippen LogP contribution in [-0.2, 0) is 11.3 Å². The average molecular weight is 337 g/mol. The van der Waals surface area contributed by atoms with Crippen LogP contribution in [0.5, 0.6) is 0 Å². The van der Waals surface area contributed by atoms with Crippen LogP contribution in [0, 0.1) is 0 Å². The Labute approximate surface area is 142 Å². The van der Waals surface area contributed by atoms with Crippen molar-refractivity contribution in [1.82, 2.24) is 15.2 Å². The highest BCUT2D eigenvalue weighted by Gasteiger charge is 2.49. The molecule has 1 unspecified atom stereocenters. The normalized spacial score (nSPS) is 23.6. The summed E-state index contributed by atoms with van der Waals surface area (Å²) in [6.07, 6.45) is 5.26. The Morgan fingerprint density at radius 2 is 2.30 bits per heavy atom. The van der Waals surface area contributed by atoms with Crippen molar-refractivity contribution in [3.63, 3.8) is 0 Å². The Morgan fingerprint density at radius 3 is 2.87 bits per heavy atom. The zero-order valence-corrected chi connectivity index (χ0v) is 15.1. The third-order valence-corrected chi connectivity index (χ3v) is 5.49. The monoisotopic (exact) mass is 337 g/mol. The highest BCUT2D eigenvalue weighted by molar-refractivity contribution is 7.07. The average Bonchev–Trinajstić information content (AvgIpc) is 2.94. The van der Waals surface area contributed by atoms with E-state index in [2.05, 4.69) is 15.7 Å². The van der Waals surface area contributed by atoms with Gasteiger partial charge in [-0.2, -0.15) is 0 Å². The van der Waals surface area contributed by atoms with Crippen molar-refractivity contribution in [2.75, 3.05) is 6.54 Å². The molecule has 1 atom stereocenters. The van der Waals surface area contributed by atoms with Crippen LogP contribution in [0.3, 0.4) is 0 Å². The Balaban J connectivity index is 1.59. The van der Waals surface area contributed by atoms with Crippen LogP contribution in [-0.4, -0.2) is 39.7 Å². The lowest BCUT2D eigenvalue weighted by Crippen LogP contribution is -2.63. The van der Waals surface area contributed by atoms with E-state index in [1.165, 1.54) is 6.42 Å². The molecule has 23 heavy (non-hydrogen) atoms. The van der Waals surface area contributed by atoms with Gasteiger partial charge >= 0.3 is 6.09 Å². The first-order valence-electron chi connectivity index (χ1n) is 8.49. The number of hydrogen-bond donors (Lipinski definition) is 1. The second-order valence-corrected chi connectivity index (χ2v) is 8.48. The molecule has 1 saturated heterocycles. The summed E-state index contributed by atoms with van der Waals surface area (Å²) in [5.41, 5.74) is 2.56. The van der Waals surface area contributed by atoms with Gasteiger partial charge in [0.1, 0.15) is 5.60 Å². The van der Waals surface area contributed by atoms with E-state index in [9.17, 15) is 4.79 Å². The van der Waals surface area contributed by atoms with E-state index in [1.807, 2.05) is 31.2 Å². The van der Waals surface area contributed by atoms with Gasteiger partial charge in [-0.05, 0) is 52.9 Å². The topological polar surface area (TPSA) is 54.5 Å². The smallest absolute Gasteiger partial charge is 0.410 e. The maximum Gasteiger partial charge on any atom is 0.410 e. The number of aromatic nitrogens is 1. The predicted octanol–water partition coefficient (Wildman–Crippen LogP) is 3.55. The molecule has 2 aliphatic rings. The van der Waals surface area contributed by atoms with Crippen LogP contribution >= 0.6 is 11.3 Å². The molecule has 0 aromatic carbocycles. The van der Waals surface area contributed by atoms with Gasteiger partial charge in [0.2, 0.25) is 0 Å². The molecule has 0 radical (unpaired) electrons. The highest BCUT2D eigenvalue weighted by atomic mass is 32.1. The molecule has 1 aliphatic heterocycles. The van der Waals surface area contributed by atoms with Crippen LogP contribution in [0.2, 0.25) is 0 Å². The fourth-order valence-corrected chi connectivity index (χ4v) is 4.16. The molecule has 1 spiro atoms. The molecule has 1 saturated carbocycles. The summed E-state index contributed by atoms with van der Waals surface area (Å²) in [4.78, 5) is 18.9. The summed E-state index contributed by atoms with van der Waals surface area (Å²) >= 11 is 1.63. The molecule has 1 aliphatic carbocycles. The van der Waals surface area contributed by atoms with Crippen LogP contribution < -0.4 is 5.32 Å². The van der Waals surface area contributed by atoms with Crippen molar-refractivity contribution in [2.24, 2.45) is 0 Å². The minimum atomic E-state index is -0.429. The molecule has 5 nitrogen and oxygen atoms in total. The van der Waals surface area contributed by atoms with E-state index in [1.54, 1.807) is 11.3 Å². The minimum Gasteiger partial charge on any atom is -0.444 e. The van der Waals surface area contributed by atoms with Gasteiger partial charge in [-0.25, -0.2) is 9.78 Å². The van der Waals surface area contributed by atoms with Crippen molar-refractivity contribution in [3.05, 3.63) is 16.6 Å². The van der Waals surface area contributed by atoms with E-state index in [-0.39, 0.29) is 11.6 Å². The number of hydrogen-bond acceptors (Lipinski definition) is 5. The first-order chi connectivity index (χ1) is 10.9. The third-order valence-electron chi connectivity index (χ3n) is 4.85. The van der Waals surface area contributed by atoms with Crippen LogP contribution in [0.25, 0.3) is 0 Å². The number of carbonyl (C=O) groups excluding carboxylic acids is 1. The molecule has 2 fully saturated rings. The first kappa shape index (κ1) is 16.7. The van der Waals surface area contributed by atoms with E-state index >= 15 is 0 Å². The second-order valence-electron chi connectivity index (χ2n) is 7.76. The largest absolute Gasteiger partial charge is 0.444 e. The van der Waals surface area contributed by atoms with Gasteiger partial charge in [0.05, 0.1) is 11.2 Å². The zero-order chi connectivity index (χ0) is 16.5. The summed E-state index contributed by atoms with van der Waals surface area (Å²) in [6.45, 7) is 7.39. The third kappa shape index (κ3) is 3.86. The predicted molar refractivity (Wildman–Crippen MR) is 91.5 cm³/mol. The Kier molecular flexibility index (Phi) is 4.65. The number of ether oxygens (including phenoxy) is 1. The summed E-state index contributed by atoms with van der Waals surface area (Å²) in [7, 11) is 0. The number of thiazole rings is 1. The van der Waals surface area contributed by atoms with Gasteiger partial charge in [0.15, 0.2) is 0 Å². The fraction of sp³-hybridized carbons (Fsp3) is 0.765. The molecule has 2 heterocycles. The lowest BCUT2D eigenvalue weighted by molar-refractivity contribution is -0.0494. The summed E-state index contributed by atoms with van der Waals surface area (Å²) in [5.74, 6) is 0. The van der Waals surface area contributed by atoms with Crippen molar-refractivity contribution in [2.45, 2.75) is 76.6 Å². The van der Waals surface area contributed by atoms with Gasteiger partial charge in [-0.15, -0.1) is 11.3 Å². The Bertz CT molecular complexity index is 535. The quantitative estimate of drug-likeness (QED) is 0.916. The number of rotatable bonds is 3. The van der Waals surface area contributed by atoms with Crippen LogP contribution in [0.15, 0.2) is 10.9 Å². The number of amides is 1. The standard InChI is InChI=1S/C17H27N3O2S/c1-16(2,3)22-15(21)20-8-5-13(9-17(20)6-4-7-17)18-10-14-11-23-12-19-14/h11-13,18H,4-10H2,1-3H3. The van der Waals surface area contributed by atoms with E-state index < -0.39 is 5.60 Å². The van der Waals surface area contributed by atoms with Crippen molar-refractivity contribution in [1.29, 1.82) is 0 Å². The Hall–Kier alpha value is -1.14. The SMILES string of the molecule is CC(C)(C)OC(=O)N1CCC(NCc2cscn2)CC12CCC2. The molecule has 1 amide bonds. The molecule has 128 valence electrons. The number of likely N-dealkylation sites (tertiary alicyclic amines) is 1. The van der Waals surface area contributed by atoms with Crippen molar-refractivity contribution >= 4 is 17.4 Å². The van der Waals surface area contributed by atoms with Crippen LogP contribution in [0.4, 0.5) is 4.79 Å². The molecule has 6 heteroatoms. The van der Waals surface area contributed by atoms with Gasteiger partial charge in [0.25, 0.3) is 0 Å². The zero-order valence-electron chi connectivity index (χ0n) is 14.3. The van der Waals surface area contributed by atoms with Crippen LogP contribution in [0.1, 0.15) is 58.6 Å². The molecule has 1 N–H and O–H groups in total. The van der Waals surface area contributed by atoms with Crippen molar-refractivity contribution in [3.8, 4) is 0 Å². The molecule has 1 aromatic rings. The molecule has 3 rings (SSSR count). The lowest BCUT2D eigenvalue weighted by Gasteiger charge is -2.54. The Morgan fingerprint density at radius 1 is 1.52 bits per heavy atom. The summed E-state index contributed by atoms with van der Waals surface area (Å²) < 4.78 is 5.62. The summed E-state index contributed by atoms with van der Waals surface area (Å²) in [6, 6.07) is 0.454. The molecule has 0 bridgehead atoms. The molecule has 1 aromatic heterocycles. The number of nitrogens with zero attached hydrogens (tertiary/aromatic N) is 2. The lowest BCUT2D eigenvalue weighted by atomic mass is 9.69. The minimum absolute atomic E-state index is 0.0142. The maximum atomic E-state index is 12.5. The molecular formula is C17H27N3O2S. The van der Waals surface area contributed by atoms with E-state index in [4.69, 9.17) is 4.74 Å². The van der Waals surface area contributed by atoms with E-state index in [0.717, 1.165) is 44.5 Å². The number of nitrogens with one attached hydrogen (secondary N) is 1. The number of carbonyl (C=O) groups is 1. The van der Waals surface area contributed by atoms with Gasteiger partial charge in [-0.3, -0.25) is 0 Å². The van der Waals surface area contributed by atoms with Gasteiger partial charge in [0, 0.05) is 30.1 Å². The molecular weight excluding hydrogens is 310 g/mol. The number of piperidine rings is 1.